The van der Waals surface area contributed by atoms with E-state index in [2.05, 4.69) is 4.57 Å². The molecule has 7 heteroatoms. The zero-order valence-corrected chi connectivity index (χ0v) is 17.9. The van der Waals surface area contributed by atoms with Crippen molar-refractivity contribution in [2.75, 3.05) is 6.61 Å². The van der Waals surface area contributed by atoms with Crippen molar-refractivity contribution in [3.05, 3.63) is 64.2 Å². The number of carbonyl (C=O) groups excluding carboxylic acids is 2. The lowest BCUT2D eigenvalue weighted by atomic mass is 10.1. The minimum atomic E-state index is -1.11. The molecule has 6 nitrogen and oxygen atoms in total. The fourth-order valence-corrected chi connectivity index (χ4v) is 3.67. The van der Waals surface area contributed by atoms with Crippen molar-refractivity contribution in [3.8, 4) is 6.07 Å². The predicted octanol–water partition coefficient (Wildman–Crippen LogP) is 4.14. The molecule has 0 aliphatic carbocycles. The Hall–Kier alpha value is -3.24. The molecule has 0 bridgehead atoms. The van der Waals surface area contributed by atoms with E-state index < -0.39 is 23.7 Å². The van der Waals surface area contributed by atoms with Gasteiger partial charge in [0, 0.05) is 30.1 Å². The molecule has 0 N–H and O–H groups in total. The second-order valence-electron chi connectivity index (χ2n) is 7.66. The van der Waals surface area contributed by atoms with Gasteiger partial charge in [-0.15, -0.1) is 0 Å². The number of Topliss-reactive ketones (excluding diaryl/α,β-unsaturated/α-hetero) is 1. The summed E-state index contributed by atoms with van der Waals surface area (Å²) in [5.74, 6) is -1.82. The van der Waals surface area contributed by atoms with Gasteiger partial charge in [-0.2, -0.15) is 5.26 Å². The highest BCUT2D eigenvalue weighted by Crippen LogP contribution is 2.22. The number of carbonyl (C=O) groups is 2. The van der Waals surface area contributed by atoms with Gasteiger partial charge >= 0.3 is 5.97 Å². The van der Waals surface area contributed by atoms with Crippen molar-refractivity contribution in [2.45, 2.75) is 52.4 Å². The molecule has 162 valence electrons. The number of ketones is 1. The van der Waals surface area contributed by atoms with Crippen LogP contribution in [-0.4, -0.2) is 35.1 Å². The molecule has 1 aliphatic rings. The van der Waals surface area contributed by atoms with Crippen molar-refractivity contribution in [1.82, 2.24) is 4.57 Å². The second kappa shape index (κ2) is 9.71. The zero-order chi connectivity index (χ0) is 22.5. The average Bonchev–Trinajstić information content (AvgIpc) is 3.35. The minimum absolute atomic E-state index is 0.167. The van der Waals surface area contributed by atoms with Gasteiger partial charge in [0.05, 0.1) is 6.10 Å². The van der Waals surface area contributed by atoms with Gasteiger partial charge in [-0.05, 0) is 75.6 Å². The van der Waals surface area contributed by atoms with Crippen LogP contribution in [0.25, 0.3) is 6.08 Å². The van der Waals surface area contributed by atoms with Gasteiger partial charge in [-0.3, -0.25) is 4.79 Å². The fraction of sp³-hybridized carbons (Fsp3) is 0.375. The third kappa shape index (κ3) is 5.28. The maximum atomic E-state index is 13.0. The van der Waals surface area contributed by atoms with E-state index in [0.29, 0.717) is 0 Å². The summed E-state index contributed by atoms with van der Waals surface area (Å²) in [6.07, 6.45) is 2.60. The number of halogens is 1. The average molecular weight is 424 g/mol. The van der Waals surface area contributed by atoms with E-state index in [9.17, 15) is 19.2 Å². The maximum Gasteiger partial charge on any atom is 0.349 e. The number of benzene rings is 1. The first-order chi connectivity index (χ1) is 14.8. The van der Waals surface area contributed by atoms with Crippen LogP contribution < -0.4 is 0 Å². The largest absolute Gasteiger partial charge is 0.450 e. The van der Waals surface area contributed by atoms with Gasteiger partial charge in [0.25, 0.3) is 0 Å². The summed E-state index contributed by atoms with van der Waals surface area (Å²) in [5.41, 5.74) is 2.69. The molecule has 1 aliphatic heterocycles. The van der Waals surface area contributed by atoms with Crippen LogP contribution in [0.5, 0.6) is 0 Å². The van der Waals surface area contributed by atoms with E-state index in [4.69, 9.17) is 9.47 Å². The molecule has 31 heavy (non-hydrogen) atoms. The highest BCUT2D eigenvalue weighted by atomic mass is 19.1. The first kappa shape index (κ1) is 22.4. The normalized spacial score (nSPS) is 17.3. The summed E-state index contributed by atoms with van der Waals surface area (Å²) < 4.78 is 26.1. The van der Waals surface area contributed by atoms with Crippen LogP contribution in [-0.2, 0) is 20.8 Å². The van der Waals surface area contributed by atoms with E-state index in [1.807, 2.05) is 26.0 Å². The molecule has 2 aromatic rings. The summed E-state index contributed by atoms with van der Waals surface area (Å²) in [7, 11) is 0. The summed E-state index contributed by atoms with van der Waals surface area (Å²) in [5, 5.41) is 9.48. The molecule has 0 unspecified atom stereocenters. The lowest BCUT2D eigenvalue weighted by Gasteiger charge is -2.14. The lowest BCUT2D eigenvalue weighted by Crippen LogP contribution is -2.25. The van der Waals surface area contributed by atoms with Crippen LogP contribution in [0.1, 0.15) is 47.1 Å². The van der Waals surface area contributed by atoms with E-state index in [0.717, 1.165) is 55.1 Å². The topological polar surface area (TPSA) is 81.3 Å². The standard InChI is InChI=1S/C24H25FN2O4/c1-15-11-19(16(2)27(15)14-22-5-4-10-30-22)12-20(13-26)24(29)31-17(3)23(28)18-6-8-21(25)9-7-18/h6-9,11-12,17,22H,4-5,10,14H2,1-3H3/b20-12+/t17-,22-/m1/s1. The fourth-order valence-electron chi connectivity index (χ4n) is 3.67. The van der Waals surface area contributed by atoms with E-state index in [1.54, 1.807) is 0 Å². The highest BCUT2D eigenvalue weighted by molar-refractivity contribution is 6.03. The molecule has 1 aromatic carbocycles. The number of nitriles is 1. The first-order valence-corrected chi connectivity index (χ1v) is 10.2. The maximum absolute atomic E-state index is 13.0. The quantitative estimate of drug-likeness (QED) is 0.289. The van der Waals surface area contributed by atoms with Crippen molar-refractivity contribution in [1.29, 1.82) is 5.26 Å². The molecular formula is C24H25FN2O4. The Labute approximate surface area is 180 Å². The SMILES string of the molecule is Cc1cc(/C=C(\C#N)C(=O)O[C@H](C)C(=O)c2ccc(F)cc2)c(C)n1C[C@H]1CCCO1. The molecule has 1 aromatic heterocycles. The van der Waals surface area contributed by atoms with E-state index in [-0.39, 0.29) is 17.2 Å². The van der Waals surface area contributed by atoms with Crippen molar-refractivity contribution < 1.29 is 23.5 Å². The smallest absolute Gasteiger partial charge is 0.349 e. The molecule has 2 heterocycles. The van der Waals surface area contributed by atoms with Crippen molar-refractivity contribution in [2.24, 2.45) is 0 Å². The van der Waals surface area contributed by atoms with Gasteiger partial charge < -0.3 is 14.0 Å². The van der Waals surface area contributed by atoms with E-state index in [1.165, 1.54) is 25.1 Å². The molecular weight excluding hydrogens is 399 g/mol. The number of aryl methyl sites for hydroxylation is 1. The van der Waals surface area contributed by atoms with Gasteiger partial charge in [-0.1, -0.05) is 0 Å². The zero-order valence-electron chi connectivity index (χ0n) is 17.9. The second-order valence-corrected chi connectivity index (χ2v) is 7.66. The van der Waals surface area contributed by atoms with E-state index >= 15 is 0 Å². The Kier molecular flexibility index (Phi) is 7.03. The molecule has 0 saturated carbocycles. The Morgan fingerprint density at radius 3 is 2.68 bits per heavy atom. The van der Waals surface area contributed by atoms with Gasteiger partial charge in [0.2, 0.25) is 5.78 Å². The Bertz CT molecular complexity index is 1040. The van der Waals surface area contributed by atoms with Crippen LogP contribution in [0.3, 0.4) is 0 Å². The highest BCUT2D eigenvalue weighted by Gasteiger charge is 2.23. The van der Waals surface area contributed by atoms with Crippen LogP contribution in [0.2, 0.25) is 0 Å². The monoisotopic (exact) mass is 424 g/mol. The summed E-state index contributed by atoms with van der Waals surface area (Å²) in [6, 6.07) is 8.74. The Balaban J connectivity index is 1.73. The number of ether oxygens (including phenoxy) is 2. The number of hydrogen-bond donors (Lipinski definition) is 0. The molecule has 3 rings (SSSR count). The third-order valence-electron chi connectivity index (χ3n) is 5.44. The number of aromatic nitrogens is 1. The van der Waals surface area contributed by atoms with Crippen LogP contribution >= 0.6 is 0 Å². The molecule has 2 atom stereocenters. The Morgan fingerprint density at radius 2 is 2.06 bits per heavy atom. The first-order valence-electron chi connectivity index (χ1n) is 10.2. The van der Waals surface area contributed by atoms with Crippen LogP contribution in [0.4, 0.5) is 4.39 Å². The minimum Gasteiger partial charge on any atom is -0.450 e. The number of nitrogens with zero attached hydrogens (tertiary/aromatic N) is 2. The van der Waals surface area contributed by atoms with Crippen LogP contribution in [0, 0.1) is 31.0 Å². The summed E-state index contributed by atoms with van der Waals surface area (Å²) >= 11 is 0. The third-order valence-corrected chi connectivity index (χ3v) is 5.44. The molecule has 1 saturated heterocycles. The lowest BCUT2D eigenvalue weighted by molar-refractivity contribution is -0.141. The number of hydrogen-bond acceptors (Lipinski definition) is 5. The molecule has 1 fully saturated rings. The summed E-state index contributed by atoms with van der Waals surface area (Å²) in [4.78, 5) is 24.9. The summed E-state index contributed by atoms with van der Waals surface area (Å²) in [6.45, 7) is 6.81. The number of rotatable bonds is 7. The number of esters is 1. The van der Waals surface area contributed by atoms with Gasteiger partial charge in [0.15, 0.2) is 6.10 Å². The molecule has 0 spiro atoms. The van der Waals surface area contributed by atoms with Gasteiger partial charge in [-0.25, -0.2) is 9.18 Å². The van der Waals surface area contributed by atoms with Gasteiger partial charge in [0.1, 0.15) is 17.5 Å². The predicted molar refractivity (Wildman–Crippen MR) is 113 cm³/mol. The molecule has 0 amide bonds. The van der Waals surface area contributed by atoms with Crippen molar-refractivity contribution in [3.63, 3.8) is 0 Å². The Morgan fingerprint density at radius 1 is 1.35 bits per heavy atom. The van der Waals surface area contributed by atoms with Crippen LogP contribution in [0.15, 0.2) is 35.9 Å². The van der Waals surface area contributed by atoms with Crippen molar-refractivity contribution >= 4 is 17.8 Å². The molecule has 0 radical (unpaired) electrons.